The molecule has 0 bridgehead atoms. The van der Waals surface area contributed by atoms with Gasteiger partial charge in [0.05, 0.1) is 6.54 Å². The predicted octanol–water partition coefficient (Wildman–Crippen LogP) is 4.75. The van der Waals surface area contributed by atoms with Gasteiger partial charge in [0.1, 0.15) is 17.6 Å². The number of rotatable bonds is 8. The lowest BCUT2D eigenvalue weighted by Gasteiger charge is -2.27. The Morgan fingerprint density at radius 1 is 1.15 bits per heavy atom. The molecule has 1 aromatic carbocycles. The molecule has 210 valence electrons. The van der Waals surface area contributed by atoms with E-state index in [-0.39, 0.29) is 24.9 Å². The summed E-state index contributed by atoms with van der Waals surface area (Å²) in [5, 5.41) is 4.27. The van der Waals surface area contributed by atoms with E-state index in [1.807, 2.05) is 54.1 Å². The molecule has 5 heterocycles. The van der Waals surface area contributed by atoms with Gasteiger partial charge in [-0.1, -0.05) is 17.0 Å². The molecule has 3 aromatic heterocycles. The smallest absolute Gasteiger partial charge is 0.266 e. The molecule has 2 aliphatic rings. The summed E-state index contributed by atoms with van der Waals surface area (Å²) in [6.45, 7) is 3.73. The molecule has 0 spiro atoms. The number of ether oxygens (including phenoxy) is 3. The van der Waals surface area contributed by atoms with E-state index in [0.717, 1.165) is 48.5 Å². The molecule has 0 N–H and O–H groups in total. The highest BCUT2D eigenvalue weighted by Crippen LogP contribution is 2.29. The van der Waals surface area contributed by atoms with Gasteiger partial charge in [0.15, 0.2) is 30.2 Å². The minimum atomic E-state index is -0.199. The third-order valence-corrected chi connectivity index (χ3v) is 7.02. The first-order chi connectivity index (χ1) is 20.1. The fourth-order valence-electron chi connectivity index (χ4n) is 4.93. The number of amides is 1. The lowest BCUT2D eigenvalue weighted by atomic mass is 10.1. The molecule has 4 aromatic rings. The van der Waals surface area contributed by atoms with Gasteiger partial charge in [0.2, 0.25) is 0 Å². The molecule has 0 aliphatic carbocycles. The third kappa shape index (κ3) is 6.32. The molecular weight excluding hydrogens is 522 g/mol. The average molecular weight is 554 g/mol. The maximum Gasteiger partial charge on any atom is 0.266 e. The summed E-state index contributed by atoms with van der Waals surface area (Å²) in [7, 11) is 0. The van der Waals surface area contributed by atoms with E-state index < -0.39 is 0 Å². The summed E-state index contributed by atoms with van der Waals surface area (Å²) in [6.07, 6.45) is 8.58. The van der Waals surface area contributed by atoms with Crippen LogP contribution in [-0.2, 0) is 20.8 Å². The monoisotopic (exact) mass is 553 g/mol. The lowest BCUT2D eigenvalue weighted by Crippen LogP contribution is -2.39. The van der Waals surface area contributed by atoms with Gasteiger partial charge in [-0.15, -0.1) is 0 Å². The molecule has 10 nitrogen and oxygen atoms in total. The van der Waals surface area contributed by atoms with Crippen molar-refractivity contribution in [1.82, 2.24) is 19.7 Å². The zero-order chi connectivity index (χ0) is 28.0. The second-order valence-electron chi connectivity index (χ2n) is 9.96. The van der Waals surface area contributed by atoms with Crippen molar-refractivity contribution in [3.8, 4) is 28.9 Å². The summed E-state index contributed by atoms with van der Waals surface area (Å²) in [5.74, 6) is 8.87. The Morgan fingerprint density at radius 2 is 2.05 bits per heavy atom. The van der Waals surface area contributed by atoms with E-state index in [1.165, 1.54) is 0 Å². The Labute approximate surface area is 238 Å². The molecule has 41 heavy (non-hydrogen) atoms. The molecule has 0 radical (unpaired) electrons. The number of carbonyl (C=O) groups excluding carboxylic acids is 1. The highest BCUT2D eigenvalue weighted by Gasteiger charge is 2.26. The van der Waals surface area contributed by atoms with Crippen molar-refractivity contribution in [2.45, 2.75) is 51.5 Å². The third-order valence-electron chi connectivity index (χ3n) is 7.02. The number of anilines is 1. The normalized spacial score (nSPS) is 17.3. The van der Waals surface area contributed by atoms with Gasteiger partial charge in [-0.3, -0.25) is 9.69 Å². The Balaban J connectivity index is 1.04. The Hall–Kier alpha value is -4.46. The molecule has 2 atom stereocenters. The quantitative estimate of drug-likeness (QED) is 0.288. The van der Waals surface area contributed by atoms with Crippen molar-refractivity contribution in [2.24, 2.45) is 0 Å². The van der Waals surface area contributed by atoms with Gasteiger partial charge >= 0.3 is 0 Å². The number of carbonyl (C=O) groups is 1. The summed E-state index contributed by atoms with van der Waals surface area (Å²) in [4.78, 5) is 22.7. The first-order valence-corrected chi connectivity index (χ1v) is 13.9. The molecule has 10 heteroatoms. The maximum atomic E-state index is 12.3. The SMILES string of the molecule is C[C@H](OC1CCCCO1)c1nccn1Cc1cc(-c2ccc(C#CCCN3C(=O)COc4cccnc43)cc2)on1. The second kappa shape index (κ2) is 12.4. The number of pyridine rings is 1. The minimum absolute atomic E-state index is 0.0177. The molecule has 6 rings (SSSR count). The first kappa shape index (κ1) is 26.7. The van der Waals surface area contributed by atoms with Crippen LogP contribution in [0.15, 0.2) is 65.6 Å². The van der Waals surface area contributed by atoms with Crippen LogP contribution in [0, 0.1) is 11.8 Å². The van der Waals surface area contributed by atoms with Crippen LogP contribution in [0.25, 0.3) is 11.3 Å². The topological polar surface area (TPSA) is 105 Å². The Morgan fingerprint density at radius 3 is 2.90 bits per heavy atom. The van der Waals surface area contributed by atoms with Gasteiger partial charge in [0.25, 0.3) is 5.91 Å². The summed E-state index contributed by atoms with van der Waals surface area (Å²) < 4.78 is 24.9. The van der Waals surface area contributed by atoms with Crippen LogP contribution in [0.5, 0.6) is 5.75 Å². The number of benzene rings is 1. The van der Waals surface area contributed by atoms with Crippen molar-refractivity contribution in [3.63, 3.8) is 0 Å². The number of hydrogen-bond acceptors (Lipinski definition) is 8. The number of nitrogens with zero attached hydrogens (tertiary/aromatic N) is 5. The van der Waals surface area contributed by atoms with E-state index in [4.69, 9.17) is 18.7 Å². The number of aromatic nitrogens is 4. The van der Waals surface area contributed by atoms with Crippen LogP contribution in [-0.4, -0.2) is 51.6 Å². The fourth-order valence-corrected chi connectivity index (χ4v) is 4.93. The molecule has 1 unspecified atom stereocenters. The van der Waals surface area contributed by atoms with E-state index in [0.29, 0.717) is 36.8 Å². The van der Waals surface area contributed by atoms with Crippen LogP contribution >= 0.6 is 0 Å². The van der Waals surface area contributed by atoms with Gasteiger partial charge in [-0.2, -0.15) is 0 Å². The average Bonchev–Trinajstić information content (AvgIpc) is 3.67. The van der Waals surface area contributed by atoms with Crippen molar-refractivity contribution in [3.05, 3.63) is 78.1 Å². The van der Waals surface area contributed by atoms with E-state index in [9.17, 15) is 4.79 Å². The van der Waals surface area contributed by atoms with Crippen molar-refractivity contribution in [1.29, 1.82) is 0 Å². The van der Waals surface area contributed by atoms with Crippen LogP contribution < -0.4 is 9.64 Å². The predicted molar refractivity (Wildman–Crippen MR) is 150 cm³/mol. The number of hydrogen-bond donors (Lipinski definition) is 0. The molecular formula is C31H31N5O5. The summed E-state index contributed by atoms with van der Waals surface area (Å²) >= 11 is 0. The summed E-state index contributed by atoms with van der Waals surface area (Å²) in [5.41, 5.74) is 2.57. The van der Waals surface area contributed by atoms with Crippen LogP contribution in [0.3, 0.4) is 0 Å². The van der Waals surface area contributed by atoms with Crippen LogP contribution in [0.4, 0.5) is 5.82 Å². The van der Waals surface area contributed by atoms with Gasteiger partial charge in [0, 0.05) is 55.4 Å². The maximum absolute atomic E-state index is 12.3. The highest BCUT2D eigenvalue weighted by molar-refractivity contribution is 5.96. The lowest BCUT2D eigenvalue weighted by molar-refractivity contribution is -0.188. The molecule has 1 fully saturated rings. The highest BCUT2D eigenvalue weighted by atomic mass is 16.7. The summed E-state index contributed by atoms with van der Waals surface area (Å²) in [6, 6.07) is 13.3. The van der Waals surface area contributed by atoms with E-state index >= 15 is 0 Å². The molecule has 2 aliphatic heterocycles. The van der Waals surface area contributed by atoms with Crippen molar-refractivity contribution in [2.75, 3.05) is 24.7 Å². The number of imidazole rings is 1. The zero-order valence-corrected chi connectivity index (χ0v) is 22.9. The Bertz CT molecular complexity index is 1540. The zero-order valence-electron chi connectivity index (χ0n) is 22.9. The molecule has 0 saturated carbocycles. The van der Waals surface area contributed by atoms with Crippen LogP contribution in [0.2, 0.25) is 0 Å². The standard InChI is InChI=1S/C31H31N5O5/c1-22(40-29-9-3-5-18-38-29)30-33-15-17-35(30)20-25-19-27(41-34-25)24-12-10-23(11-13-24)7-2-4-16-36-28(37)21-39-26-8-6-14-32-31(26)36/h6,8,10-15,17,19,22,29H,3-5,9,16,18,20-21H2,1H3/t22-,29?/m0/s1. The van der Waals surface area contributed by atoms with E-state index in [2.05, 4.69) is 27.0 Å². The first-order valence-electron chi connectivity index (χ1n) is 13.9. The fraction of sp³-hybridized carbons (Fsp3) is 0.355. The minimum Gasteiger partial charge on any atom is -0.480 e. The van der Waals surface area contributed by atoms with Crippen molar-refractivity contribution < 1.29 is 23.5 Å². The van der Waals surface area contributed by atoms with Crippen molar-refractivity contribution >= 4 is 11.7 Å². The largest absolute Gasteiger partial charge is 0.480 e. The second-order valence-corrected chi connectivity index (χ2v) is 9.96. The molecule has 1 saturated heterocycles. The van der Waals surface area contributed by atoms with Gasteiger partial charge < -0.3 is 23.3 Å². The van der Waals surface area contributed by atoms with Crippen LogP contribution in [0.1, 0.15) is 55.8 Å². The number of fused-ring (bicyclic) bond motifs is 1. The van der Waals surface area contributed by atoms with Gasteiger partial charge in [-0.05, 0) is 62.6 Å². The van der Waals surface area contributed by atoms with E-state index in [1.54, 1.807) is 23.4 Å². The van der Waals surface area contributed by atoms with Gasteiger partial charge in [-0.25, -0.2) is 9.97 Å². The molecule has 1 amide bonds. The Kier molecular flexibility index (Phi) is 8.07.